The second-order valence-corrected chi connectivity index (χ2v) is 6.84. The van der Waals surface area contributed by atoms with E-state index < -0.39 is 29.5 Å². The van der Waals surface area contributed by atoms with E-state index in [1.54, 1.807) is 26.8 Å². The van der Waals surface area contributed by atoms with Crippen LogP contribution in [-0.4, -0.2) is 28.7 Å². The van der Waals surface area contributed by atoms with Crippen molar-refractivity contribution in [1.82, 2.24) is 0 Å². The zero-order valence-corrected chi connectivity index (χ0v) is 14.2. The van der Waals surface area contributed by atoms with E-state index in [9.17, 15) is 9.59 Å². The fraction of sp³-hybridized carbons (Fsp3) is 0.368. The first-order valence-corrected chi connectivity index (χ1v) is 7.87. The summed E-state index contributed by atoms with van der Waals surface area (Å²) in [6, 6.07) is 12.3. The van der Waals surface area contributed by atoms with Gasteiger partial charge in [0.15, 0.2) is 0 Å². The Hall–Kier alpha value is -2.40. The van der Waals surface area contributed by atoms with E-state index in [0.29, 0.717) is 5.56 Å². The summed E-state index contributed by atoms with van der Waals surface area (Å²) >= 11 is 0. The van der Waals surface area contributed by atoms with Crippen LogP contribution in [0.15, 0.2) is 42.5 Å². The molecule has 5 nitrogen and oxygen atoms in total. The number of benzene rings is 2. The monoisotopic (exact) mass is 329 g/mol. The molecule has 5 heteroatoms. The van der Waals surface area contributed by atoms with Crippen LogP contribution in [0.3, 0.4) is 0 Å². The molecule has 0 saturated carbocycles. The molecular formula is C19H23NO4. The summed E-state index contributed by atoms with van der Waals surface area (Å²) < 4.78 is 5.49. The minimum Gasteiger partial charge on any atom is -0.481 e. The average molecular weight is 329 g/mol. The highest BCUT2D eigenvalue weighted by atomic mass is 16.6. The summed E-state index contributed by atoms with van der Waals surface area (Å²) in [6.07, 6.45) is -0.312. The number of nitrogens with two attached hydrogens (primary N) is 1. The minimum atomic E-state index is -1.05. The number of ether oxygens (including phenoxy) is 1. The van der Waals surface area contributed by atoms with Gasteiger partial charge in [0.05, 0.1) is 12.3 Å². The van der Waals surface area contributed by atoms with Crippen molar-refractivity contribution >= 4 is 22.7 Å². The highest BCUT2D eigenvalue weighted by molar-refractivity contribution is 5.92. The number of carboxylic acid groups (broad SMARTS) is 1. The van der Waals surface area contributed by atoms with E-state index in [0.717, 1.165) is 10.8 Å². The topological polar surface area (TPSA) is 89.6 Å². The summed E-state index contributed by atoms with van der Waals surface area (Å²) in [7, 11) is 0. The van der Waals surface area contributed by atoms with Gasteiger partial charge in [-0.3, -0.25) is 9.59 Å². The van der Waals surface area contributed by atoms with Gasteiger partial charge in [0.2, 0.25) is 0 Å². The Bertz CT molecular complexity index is 743. The highest BCUT2D eigenvalue weighted by Gasteiger charge is 2.33. The van der Waals surface area contributed by atoms with Crippen LogP contribution in [0.2, 0.25) is 0 Å². The van der Waals surface area contributed by atoms with Crippen LogP contribution in [0, 0.1) is 0 Å². The quantitative estimate of drug-likeness (QED) is 0.823. The number of carboxylic acids is 1. The molecule has 0 spiro atoms. The van der Waals surface area contributed by atoms with Gasteiger partial charge in [-0.25, -0.2) is 0 Å². The number of esters is 1. The zero-order chi connectivity index (χ0) is 17.9. The van der Waals surface area contributed by atoms with E-state index in [1.165, 1.54) is 0 Å². The Kier molecular flexibility index (Phi) is 5.24. The second-order valence-electron chi connectivity index (χ2n) is 6.84. The Morgan fingerprint density at radius 3 is 2.38 bits per heavy atom. The lowest BCUT2D eigenvalue weighted by Gasteiger charge is -2.27. The van der Waals surface area contributed by atoms with Gasteiger partial charge in [0, 0.05) is 6.04 Å². The maximum Gasteiger partial charge on any atom is 0.315 e. The first-order valence-electron chi connectivity index (χ1n) is 7.87. The molecule has 0 aliphatic heterocycles. The van der Waals surface area contributed by atoms with Crippen molar-refractivity contribution < 1.29 is 19.4 Å². The third kappa shape index (κ3) is 4.32. The lowest BCUT2D eigenvalue weighted by atomic mass is 9.86. The molecule has 0 saturated heterocycles. The molecule has 3 N–H and O–H groups in total. The number of carbonyl (C=O) groups excluding carboxylic acids is 1. The van der Waals surface area contributed by atoms with Gasteiger partial charge in [-0.1, -0.05) is 42.5 Å². The average Bonchev–Trinajstić information content (AvgIpc) is 2.45. The molecule has 128 valence electrons. The molecule has 0 heterocycles. The van der Waals surface area contributed by atoms with Gasteiger partial charge in [0.1, 0.15) is 5.60 Å². The van der Waals surface area contributed by atoms with Crippen molar-refractivity contribution in [3.05, 3.63) is 48.0 Å². The Morgan fingerprint density at radius 1 is 1.12 bits per heavy atom. The summed E-state index contributed by atoms with van der Waals surface area (Å²) in [5.41, 5.74) is 6.09. The molecule has 0 aliphatic carbocycles. The molecule has 0 radical (unpaired) electrons. The van der Waals surface area contributed by atoms with Crippen LogP contribution in [0.4, 0.5) is 0 Å². The number of aliphatic carboxylic acids is 1. The van der Waals surface area contributed by atoms with Crippen molar-refractivity contribution in [1.29, 1.82) is 0 Å². The van der Waals surface area contributed by atoms with Gasteiger partial charge in [0.25, 0.3) is 0 Å². The van der Waals surface area contributed by atoms with Gasteiger partial charge in [-0.15, -0.1) is 0 Å². The molecule has 0 amide bonds. The predicted octanol–water partition coefficient (Wildman–Crippen LogP) is 3.07. The number of rotatable bonds is 5. The van der Waals surface area contributed by atoms with Crippen molar-refractivity contribution in [2.75, 3.05) is 0 Å². The minimum absolute atomic E-state index is 0.312. The highest BCUT2D eigenvalue weighted by Crippen LogP contribution is 2.30. The second kappa shape index (κ2) is 7.01. The summed E-state index contributed by atoms with van der Waals surface area (Å²) in [6.45, 7) is 5.31. The molecule has 2 aromatic rings. The number of fused-ring (bicyclic) bond motifs is 1. The molecular weight excluding hydrogens is 306 g/mol. The standard InChI is InChI=1S/C19H23NO4/c1-19(2,3)24-18(23)17(15(20)11-16(21)22)14-10-6-8-12-7-4-5-9-13(12)14/h4-10,15,17H,11,20H2,1-3H3,(H,21,22)/t15-,17+/m0/s1. The van der Waals surface area contributed by atoms with Gasteiger partial charge >= 0.3 is 11.9 Å². The van der Waals surface area contributed by atoms with Crippen molar-refractivity contribution in [3.63, 3.8) is 0 Å². The van der Waals surface area contributed by atoms with E-state index in [4.69, 9.17) is 15.6 Å². The van der Waals surface area contributed by atoms with E-state index in [2.05, 4.69) is 0 Å². The fourth-order valence-corrected chi connectivity index (χ4v) is 2.74. The smallest absolute Gasteiger partial charge is 0.315 e. The summed E-state index contributed by atoms with van der Waals surface area (Å²) in [5.74, 6) is -2.39. The van der Waals surface area contributed by atoms with Crippen molar-refractivity contribution in [2.24, 2.45) is 5.73 Å². The first kappa shape index (κ1) is 17.9. The normalized spacial score (nSPS) is 14.2. The Labute approximate surface area is 141 Å². The number of hydrogen-bond donors (Lipinski definition) is 2. The largest absolute Gasteiger partial charge is 0.481 e. The fourth-order valence-electron chi connectivity index (χ4n) is 2.74. The molecule has 2 rings (SSSR count). The van der Waals surface area contributed by atoms with Gasteiger partial charge in [-0.2, -0.15) is 0 Å². The zero-order valence-electron chi connectivity index (χ0n) is 14.2. The van der Waals surface area contributed by atoms with E-state index >= 15 is 0 Å². The maximum atomic E-state index is 12.7. The molecule has 0 aliphatic rings. The molecule has 2 aromatic carbocycles. The van der Waals surface area contributed by atoms with Gasteiger partial charge in [-0.05, 0) is 37.1 Å². The molecule has 24 heavy (non-hydrogen) atoms. The van der Waals surface area contributed by atoms with Crippen LogP contribution < -0.4 is 5.73 Å². The molecule has 0 unspecified atom stereocenters. The van der Waals surface area contributed by atoms with Crippen LogP contribution in [0.5, 0.6) is 0 Å². The van der Waals surface area contributed by atoms with Crippen LogP contribution in [0.25, 0.3) is 10.8 Å². The lowest BCUT2D eigenvalue weighted by molar-refractivity contribution is -0.157. The summed E-state index contributed by atoms with van der Waals surface area (Å²) in [5, 5.41) is 10.9. The van der Waals surface area contributed by atoms with Crippen LogP contribution >= 0.6 is 0 Å². The number of hydrogen-bond acceptors (Lipinski definition) is 4. The van der Waals surface area contributed by atoms with Crippen LogP contribution in [-0.2, 0) is 14.3 Å². The Morgan fingerprint density at radius 2 is 1.75 bits per heavy atom. The van der Waals surface area contributed by atoms with Crippen molar-refractivity contribution in [3.8, 4) is 0 Å². The van der Waals surface area contributed by atoms with E-state index in [-0.39, 0.29) is 6.42 Å². The Balaban J connectivity index is 2.51. The molecule has 2 atom stereocenters. The lowest BCUT2D eigenvalue weighted by Crippen LogP contribution is -2.39. The molecule has 0 aromatic heterocycles. The number of carbonyl (C=O) groups is 2. The SMILES string of the molecule is CC(C)(C)OC(=O)[C@H](c1cccc2ccccc12)[C@@H](N)CC(=O)O. The van der Waals surface area contributed by atoms with Gasteiger partial charge < -0.3 is 15.6 Å². The summed E-state index contributed by atoms with van der Waals surface area (Å²) in [4.78, 5) is 23.8. The third-order valence-corrected chi connectivity index (χ3v) is 3.66. The third-order valence-electron chi connectivity index (χ3n) is 3.66. The van der Waals surface area contributed by atoms with Crippen LogP contribution in [0.1, 0.15) is 38.7 Å². The maximum absolute atomic E-state index is 12.7. The molecule has 0 fully saturated rings. The molecule has 0 bridgehead atoms. The van der Waals surface area contributed by atoms with E-state index in [1.807, 2.05) is 36.4 Å². The predicted molar refractivity (Wildman–Crippen MR) is 92.8 cm³/mol. The van der Waals surface area contributed by atoms with Crippen molar-refractivity contribution in [2.45, 2.75) is 44.8 Å². The first-order chi connectivity index (χ1) is 11.2.